The Labute approximate surface area is 52.0 Å². The second-order valence-electron chi connectivity index (χ2n) is 2.17. The lowest BCUT2D eigenvalue weighted by molar-refractivity contribution is 0.115. The van der Waals surface area contributed by atoms with E-state index in [1.807, 2.05) is 6.92 Å². The molecule has 0 heterocycles. The lowest BCUT2D eigenvalue weighted by Gasteiger charge is -2.05. The van der Waals surface area contributed by atoms with Gasteiger partial charge in [-0.05, 0) is 12.8 Å². The SMILES string of the molecule is CCOC[C@H](C)CC. The first kappa shape index (κ1) is 7.96. The van der Waals surface area contributed by atoms with Gasteiger partial charge in [-0.25, -0.2) is 0 Å². The maximum absolute atomic E-state index is 5.19. The van der Waals surface area contributed by atoms with Crippen LogP contribution in [-0.4, -0.2) is 13.2 Å². The van der Waals surface area contributed by atoms with E-state index >= 15 is 0 Å². The Morgan fingerprint density at radius 2 is 2.00 bits per heavy atom. The Kier molecular flexibility index (Phi) is 5.08. The van der Waals surface area contributed by atoms with Gasteiger partial charge in [0.05, 0.1) is 0 Å². The van der Waals surface area contributed by atoms with Gasteiger partial charge in [-0.3, -0.25) is 0 Å². The quantitative estimate of drug-likeness (QED) is 0.546. The van der Waals surface area contributed by atoms with Gasteiger partial charge in [0, 0.05) is 13.2 Å². The second kappa shape index (κ2) is 5.10. The van der Waals surface area contributed by atoms with Crippen molar-refractivity contribution < 1.29 is 4.74 Å². The molecule has 0 saturated heterocycles. The molecule has 0 N–H and O–H groups in total. The molecule has 0 rings (SSSR count). The fraction of sp³-hybridized carbons (Fsp3) is 1.00. The minimum Gasteiger partial charge on any atom is -0.381 e. The normalized spacial score (nSPS) is 13.9. The summed E-state index contributed by atoms with van der Waals surface area (Å²) >= 11 is 0. The Hall–Kier alpha value is -0.0400. The average molecular weight is 116 g/mol. The van der Waals surface area contributed by atoms with Crippen molar-refractivity contribution in [2.45, 2.75) is 27.2 Å². The zero-order valence-corrected chi connectivity index (χ0v) is 6.11. The van der Waals surface area contributed by atoms with E-state index in [2.05, 4.69) is 13.8 Å². The Morgan fingerprint density at radius 3 is 2.38 bits per heavy atom. The maximum atomic E-state index is 5.19. The Morgan fingerprint density at radius 1 is 1.38 bits per heavy atom. The largest absolute Gasteiger partial charge is 0.381 e. The van der Waals surface area contributed by atoms with Crippen molar-refractivity contribution in [2.75, 3.05) is 13.2 Å². The van der Waals surface area contributed by atoms with Crippen molar-refractivity contribution in [1.82, 2.24) is 0 Å². The molecule has 0 fully saturated rings. The van der Waals surface area contributed by atoms with Crippen molar-refractivity contribution in [2.24, 2.45) is 5.92 Å². The van der Waals surface area contributed by atoms with E-state index in [-0.39, 0.29) is 0 Å². The highest BCUT2D eigenvalue weighted by Crippen LogP contribution is 1.99. The van der Waals surface area contributed by atoms with Gasteiger partial charge < -0.3 is 4.74 Å². The summed E-state index contributed by atoms with van der Waals surface area (Å²) in [6.45, 7) is 8.19. The molecule has 1 nitrogen and oxygen atoms in total. The summed E-state index contributed by atoms with van der Waals surface area (Å²) in [5.41, 5.74) is 0. The highest BCUT2D eigenvalue weighted by molar-refractivity contribution is 4.44. The standard InChI is InChI=1S/C7H16O/c1-4-7(3)6-8-5-2/h7H,4-6H2,1-3H3/t7-/m1/s1. The third-order valence-corrected chi connectivity index (χ3v) is 1.30. The van der Waals surface area contributed by atoms with Gasteiger partial charge in [0.25, 0.3) is 0 Å². The third kappa shape index (κ3) is 4.13. The lowest BCUT2D eigenvalue weighted by atomic mass is 10.1. The summed E-state index contributed by atoms with van der Waals surface area (Å²) in [5, 5.41) is 0. The van der Waals surface area contributed by atoms with Gasteiger partial charge in [0.2, 0.25) is 0 Å². The average Bonchev–Trinajstić information content (AvgIpc) is 1.83. The van der Waals surface area contributed by atoms with E-state index in [1.165, 1.54) is 6.42 Å². The molecule has 1 atom stereocenters. The maximum Gasteiger partial charge on any atom is 0.0491 e. The smallest absolute Gasteiger partial charge is 0.0491 e. The van der Waals surface area contributed by atoms with Gasteiger partial charge in [-0.1, -0.05) is 20.3 Å². The molecule has 50 valence electrons. The molecule has 0 unspecified atom stereocenters. The number of hydrogen-bond donors (Lipinski definition) is 0. The summed E-state index contributed by atoms with van der Waals surface area (Å²) in [6.07, 6.45) is 1.22. The second-order valence-corrected chi connectivity index (χ2v) is 2.17. The van der Waals surface area contributed by atoms with Crippen LogP contribution in [-0.2, 0) is 4.74 Å². The summed E-state index contributed by atoms with van der Waals surface area (Å²) < 4.78 is 5.19. The van der Waals surface area contributed by atoms with Crippen LogP contribution in [0.1, 0.15) is 27.2 Å². The molecule has 0 aliphatic rings. The first-order valence-corrected chi connectivity index (χ1v) is 3.39. The van der Waals surface area contributed by atoms with Crippen LogP contribution in [0.3, 0.4) is 0 Å². The van der Waals surface area contributed by atoms with Crippen LogP contribution in [0.4, 0.5) is 0 Å². The molecule has 0 saturated carbocycles. The molecule has 0 aliphatic carbocycles. The van der Waals surface area contributed by atoms with E-state index in [0.29, 0.717) is 0 Å². The van der Waals surface area contributed by atoms with Crippen molar-refractivity contribution in [3.05, 3.63) is 0 Å². The summed E-state index contributed by atoms with van der Waals surface area (Å²) in [5.74, 6) is 0.731. The minimum atomic E-state index is 0.731. The molecule has 0 aromatic rings. The van der Waals surface area contributed by atoms with Gasteiger partial charge >= 0.3 is 0 Å². The molecule has 1 heteroatoms. The van der Waals surface area contributed by atoms with Crippen molar-refractivity contribution in [3.63, 3.8) is 0 Å². The van der Waals surface area contributed by atoms with Gasteiger partial charge in [-0.2, -0.15) is 0 Å². The summed E-state index contributed by atoms with van der Waals surface area (Å²) in [4.78, 5) is 0. The van der Waals surface area contributed by atoms with Crippen LogP contribution >= 0.6 is 0 Å². The van der Waals surface area contributed by atoms with Crippen LogP contribution < -0.4 is 0 Å². The van der Waals surface area contributed by atoms with Crippen molar-refractivity contribution in [1.29, 1.82) is 0 Å². The van der Waals surface area contributed by atoms with E-state index in [1.54, 1.807) is 0 Å². The minimum absolute atomic E-state index is 0.731. The zero-order valence-electron chi connectivity index (χ0n) is 6.11. The van der Waals surface area contributed by atoms with Crippen LogP contribution in [0.25, 0.3) is 0 Å². The highest BCUT2D eigenvalue weighted by atomic mass is 16.5. The predicted octanol–water partition coefficient (Wildman–Crippen LogP) is 2.07. The van der Waals surface area contributed by atoms with Gasteiger partial charge in [0.1, 0.15) is 0 Å². The van der Waals surface area contributed by atoms with Crippen molar-refractivity contribution >= 4 is 0 Å². The topological polar surface area (TPSA) is 9.23 Å². The number of rotatable bonds is 4. The summed E-state index contributed by atoms with van der Waals surface area (Å²) in [6, 6.07) is 0. The monoisotopic (exact) mass is 116 g/mol. The first-order chi connectivity index (χ1) is 3.81. The molecular weight excluding hydrogens is 100 g/mol. The molecule has 0 aliphatic heterocycles. The predicted molar refractivity (Wildman–Crippen MR) is 35.9 cm³/mol. The zero-order chi connectivity index (χ0) is 6.41. The molecule has 0 amide bonds. The first-order valence-electron chi connectivity index (χ1n) is 3.39. The fourth-order valence-electron chi connectivity index (χ4n) is 0.437. The number of hydrogen-bond acceptors (Lipinski definition) is 1. The Balaban J connectivity index is 2.86. The highest BCUT2D eigenvalue weighted by Gasteiger charge is 1.94. The van der Waals surface area contributed by atoms with Gasteiger partial charge in [0.15, 0.2) is 0 Å². The summed E-state index contributed by atoms with van der Waals surface area (Å²) in [7, 11) is 0. The van der Waals surface area contributed by atoms with Crippen LogP contribution in [0.15, 0.2) is 0 Å². The van der Waals surface area contributed by atoms with E-state index < -0.39 is 0 Å². The molecule has 0 bridgehead atoms. The van der Waals surface area contributed by atoms with E-state index in [4.69, 9.17) is 4.74 Å². The Bertz CT molecular complexity index is 43.7. The van der Waals surface area contributed by atoms with Crippen LogP contribution in [0.2, 0.25) is 0 Å². The van der Waals surface area contributed by atoms with Crippen LogP contribution in [0.5, 0.6) is 0 Å². The van der Waals surface area contributed by atoms with Gasteiger partial charge in [-0.15, -0.1) is 0 Å². The van der Waals surface area contributed by atoms with Crippen molar-refractivity contribution in [3.8, 4) is 0 Å². The fourth-order valence-corrected chi connectivity index (χ4v) is 0.437. The molecule has 8 heavy (non-hydrogen) atoms. The molecule has 0 radical (unpaired) electrons. The van der Waals surface area contributed by atoms with E-state index in [0.717, 1.165) is 19.1 Å². The number of ether oxygens (including phenoxy) is 1. The molecular formula is C7H16O. The molecule has 0 aromatic carbocycles. The van der Waals surface area contributed by atoms with E-state index in [9.17, 15) is 0 Å². The third-order valence-electron chi connectivity index (χ3n) is 1.30. The lowest BCUT2D eigenvalue weighted by Crippen LogP contribution is -2.03. The molecule has 0 spiro atoms. The van der Waals surface area contributed by atoms with Crippen LogP contribution in [0, 0.1) is 5.92 Å². The molecule has 0 aromatic heterocycles.